The van der Waals surface area contributed by atoms with Gasteiger partial charge in [-0.25, -0.2) is 14.4 Å². The maximum atomic E-state index is 13.6. The highest BCUT2D eigenvalue weighted by Gasteiger charge is 2.20. The Kier molecular flexibility index (Phi) is 4.12. The topological polar surface area (TPSA) is 75.4 Å². The summed E-state index contributed by atoms with van der Waals surface area (Å²) in [6, 6.07) is 11.9. The smallest absolute Gasteiger partial charge is 0.248 e. The molecular weight excluding hydrogens is 333 g/mol. The third kappa shape index (κ3) is 3.03. The summed E-state index contributed by atoms with van der Waals surface area (Å²) in [5.41, 5.74) is 7.57. The van der Waals surface area contributed by atoms with Gasteiger partial charge < -0.3 is 15.5 Å². The molecule has 3 aromatic rings. The minimum absolute atomic E-state index is 0.290. The number of anilines is 2. The van der Waals surface area contributed by atoms with Crippen LogP contribution in [0.2, 0.25) is 0 Å². The van der Waals surface area contributed by atoms with Crippen LogP contribution >= 0.6 is 0 Å². The third-order valence-electron chi connectivity index (χ3n) is 4.67. The molecule has 1 aliphatic rings. The molecule has 2 heterocycles. The second-order valence-electron chi connectivity index (χ2n) is 6.24. The van der Waals surface area contributed by atoms with Gasteiger partial charge in [0.25, 0.3) is 0 Å². The van der Waals surface area contributed by atoms with E-state index in [1.54, 1.807) is 18.2 Å². The summed E-state index contributed by atoms with van der Waals surface area (Å²) >= 11 is 0. The van der Waals surface area contributed by atoms with Gasteiger partial charge in [0.1, 0.15) is 18.0 Å². The molecule has 6 nitrogen and oxygen atoms in total. The molecule has 0 aliphatic carbocycles. The highest BCUT2D eigenvalue weighted by molar-refractivity contribution is 5.93. The van der Waals surface area contributed by atoms with E-state index in [4.69, 9.17) is 5.73 Å². The lowest BCUT2D eigenvalue weighted by Crippen LogP contribution is -2.47. The first-order chi connectivity index (χ1) is 12.6. The van der Waals surface area contributed by atoms with Crippen molar-refractivity contribution in [2.24, 2.45) is 5.73 Å². The Morgan fingerprint density at radius 2 is 1.65 bits per heavy atom. The van der Waals surface area contributed by atoms with Crippen LogP contribution in [0, 0.1) is 5.82 Å². The van der Waals surface area contributed by atoms with Gasteiger partial charge in [-0.05, 0) is 42.5 Å². The van der Waals surface area contributed by atoms with Crippen molar-refractivity contribution in [3.63, 3.8) is 0 Å². The first-order valence-corrected chi connectivity index (χ1v) is 8.42. The van der Waals surface area contributed by atoms with Crippen LogP contribution in [0.5, 0.6) is 0 Å². The maximum Gasteiger partial charge on any atom is 0.248 e. The first kappa shape index (κ1) is 16.3. The van der Waals surface area contributed by atoms with E-state index < -0.39 is 5.91 Å². The molecule has 2 N–H and O–H groups in total. The van der Waals surface area contributed by atoms with Gasteiger partial charge in [0, 0.05) is 42.8 Å². The van der Waals surface area contributed by atoms with Crippen LogP contribution in [0.4, 0.5) is 15.9 Å². The van der Waals surface area contributed by atoms with Crippen LogP contribution in [0.3, 0.4) is 0 Å². The Hall–Kier alpha value is -3.22. The number of halogens is 1. The van der Waals surface area contributed by atoms with Gasteiger partial charge in [-0.1, -0.05) is 0 Å². The Balaban J connectivity index is 1.52. The number of aromatic nitrogens is 2. The number of nitrogens with zero attached hydrogens (tertiary/aromatic N) is 4. The standard InChI is InChI=1S/C19H18FN5O/c20-14-3-6-17-16(11-14)19(23-12-22-17)25-9-7-24(8-10-25)15-4-1-13(2-5-15)18(21)26/h1-6,11-12H,7-10H2,(H2,21,26). The van der Waals surface area contributed by atoms with Crippen LogP contribution in [0.1, 0.15) is 10.4 Å². The van der Waals surface area contributed by atoms with Gasteiger partial charge in [-0.3, -0.25) is 4.79 Å². The Morgan fingerprint density at radius 3 is 2.35 bits per heavy atom. The Labute approximate surface area is 150 Å². The Morgan fingerprint density at radius 1 is 0.962 bits per heavy atom. The zero-order chi connectivity index (χ0) is 18.1. The fourth-order valence-electron chi connectivity index (χ4n) is 3.28. The lowest BCUT2D eigenvalue weighted by Gasteiger charge is -2.37. The van der Waals surface area contributed by atoms with Crippen LogP contribution < -0.4 is 15.5 Å². The number of fused-ring (bicyclic) bond motifs is 1. The first-order valence-electron chi connectivity index (χ1n) is 8.42. The number of carbonyl (C=O) groups excluding carboxylic acids is 1. The highest BCUT2D eigenvalue weighted by Crippen LogP contribution is 2.26. The molecular formula is C19H18FN5O. The summed E-state index contributed by atoms with van der Waals surface area (Å²) in [5.74, 6) is 0.0456. The SMILES string of the molecule is NC(=O)c1ccc(N2CCN(c3ncnc4ccc(F)cc34)CC2)cc1. The van der Waals surface area contributed by atoms with Crippen molar-refractivity contribution in [1.29, 1.82) is 0 Å². The highest BCUT2D eigenvalue weighted by atomic mass is 19.1. The van der Waals surface area contributed by atoms with Gasteiger partial charge in [0.2, 0.25) is 5.91 Å². The molecule has 0 saturated carbocycles. The predicted octanol–water partition coefficient (Wildman–Crippen LogP) is 2.19. The van der Waals surface area contributed by atoms with Crippen molar-refractivity contribution in [2.75, 3.05) is 36.0 Å². The van der Waals surface area contributed by atoms with Gasteiger partial charge in [0.15, 0.2) is 0 Å². The molecule has 0 atom stereocenters. The normalized spacial score (nSPS) is 14.7. The lowest BCUT2D eigenvalue weighted by molar-refractivity contribution is 0.100. The number of carbonyl (C=O) groups is 1. The van der Waals surface area contributed by atoms with E-state index in [9.17, 15) is 9.18 Å². The molecule has 26 heavy (non-hydrogen) atoms. The molecule has 132 valence electrons. The fourth-order valence-corrected chi connectivity index (χ4v) is 3.28. The summed E-state index contributed by atoms with van der Waals surface area (Å²) in [5, 5.41) is 0.728. The molecule has 1 aliphatic heterocycles. The molecule has 0 unspecified atom stereocenters. The molecule has 7 heteroatoms. The van der Waals surface area contributed by atoms with E-state index in [1.165, 1.54) is 18.5 Å². The van der Waals surface area contributed by atoms with Gasteiger partial charge in [-0.2, -0.15) is 0 Å². The molecule has 1 saturated heterocycles. The molecule has 1 amide bonds. The number of primary amides is 1. The number of piperazine rings is 1. The van der Waals surface area contributed by atoms with E-state index in [2.05, 4.69) is 19.8 Å². The van der Waals surface area contributed by atoms with Crippen LogP contribution in [-0.4, -0.2) is 42.1 Å². The molecule has 1 aromatic heterocycles. The zero-order valence-electron chi connectivity index (χ0n) is 14.1. The van der Waals surface area contributed by atoms with E-state index in [1.807, 2.05) is 12.1 Å². The number of rotatable bonds is 3. The van der Waals surface area contributed by atoms with Crippen molar-refractivity contribution >= 4 is 28.3 Å². The average molecular weight is 351 g/mol. The molecule has 4 rings (SSSR count). The van der Waals surface area contributed by atoms with Crippen molar-refractivity contribution in [3.8, 4) is 0 Å². The van der Waals surface area contributed by atoms with Crippen molar-refractivity contribution < 1.29 is 9.18 Å². The monoisotopic (exact) mass is 351 g/mol. The summed E-state index contributed by atoms with van der Waals surface area (Å²) in [7, 11) is 0. The predicted molar refractivity (Wildman–Crippen MR) is 98.9 cm³/mol. The van der Waals surface area contributed by atoms with Crippen molar-refractivity contribution in [3.05, 3.63) is 60.2 Å². The summed E-state index contributed by atoms with van der Waals surface area (Å²) in [6.45, 7) is 3.13. The van der Waals surface area contributed by atoms with Crippen molar-refractivity contribution in [2.45, 2.75) is 0 Å². The quantitative estimate of drug-likeness (QED) is 0.783. The van der Waals surface area contributed by atoms with Gasteiger partial charge >= 0.3 is 0 Å². The van der Waals surface area contributed by atoms with Gasteiger partial charge in [0.05, 0.1) is 5.52 Å². The molecule has 0 radical (unpaired) electrons. The summed E-state index contributed by atoms with van der Waals surface area (Å²) in [6.07, 6.45) is 1.52. The van der Waals surface area contributed by atoms with Gasteiger partial charge in [-0.15, -0.1) is 0 Å². The van der Waals surface area contributed by atoms with E-state index in [-0.39, 0.29) is 5.82 Å². The fraction of sp³-hybridized carbons (Fsp3) is 0.211. The van der Waals surface area contributed by atoms with E-state index >= 15 is 0 Å². The molecule has 0 bridgehead atoms. The average Bonchev–Trinajstić information content (AvgIpc) is 2.68. The maximum absolute atomic E-state index is 13.6. The number of hydrogen-bond donors (Lipinski definition) is 1. The second kappa shape index (κ2) is 6.59. The van der Waals surface area contributed by atoms with E-state index in [0.717, 1.165) is 48.6 Å². The molecule has 0 spiro atoms. The summed E-state index contributed by atoms with van der Waals surface area (Å²) in [4.78, 5) is 24.2. The molecule has 1 fully saturated rings. The number of hydrogen-bond acceptors (Lipinski definition) is 5. The Bertz CT molecular complexity index is 952. The summed E-state index contributed by atoms with van der Waals surface area (Å²) < 4.78 is 13.6. The van der Waals surface area contributed by atoms with Crippen LogP contribution in [-0.2, 0) is 0 Å². The number of benzene rings is 2. The largest absolute Gasteiger partial charge is 0.368 e. The zero-order valence-corrected chi connectivity index (χ0v) is 14.1. The lowest BCUT2D eigenvalue weighted by atomic mass is 10.1. The van der Waals surface area contributed by atoms with E-state index in [0.29, 0.717) is 5.56 Å². The molecule has 2 aromatic carbocycles. The second-order valence-corrected chi connectivity index (χ2v) is 6.24. The minimum atomic E-state index is -0.427. The van der Waals surface area contributed by atoms with Crippen LogP contribution in [0.15, 0.2) is 48.8 Å². The number of nitrogens with two attached hydrogens (primary N) is 1. The minimum Gasteiger partial charge on any atom is -0.368 e. The van der Waals surface area contributed by atoms with Crippen molar-refractivity contribution in [1.82, 2.24) is 9.97 Å². The van der Waals surface area contributed by atoms with Crippen LogP contribution in [0.25, 0.3) is 10.9 Å². The number of amides is 1. The third-order valence-corrected chi connectivity index (χ3v) is 4.67.